The van der Waals surface area contributed by atoms with Crippen molar-refractivity contribution in [1.29, 1.82) is 0 Å². The number of sulfone groups is 1. The van der Waals surface area contributed by atoms with Gasteiger partial charge in [0.25, 0.3) is 10.1 Å². The molecule has 184 valence electrons. The summed E-state index contributed by atoms with van der Waals surface area (Å²) in [6, 6.07) is 17.6. The number of benzene rings is 4. The molecule has 4 aromatic carbocycles. The van der Waals surface area contributed by atoms with E-state index in [1.165, 1.54) is 30.3 Å². The van der Waals surface area contributed by atoms with Gasteiger partial charge in [0, 0.05) is 17.3 Å². The van der Waals surface area contributed by atoms with Crippen LogP contribution in [-0.2, 0) is 20.0 Å². The number of anilines is 1. The first-order valence-corrected chi connectivity index (χ1v) is 13.5. The molecule has 0 aliphatic heterocycles. The van der Waals surface area contributed by atoms with Gasteiger partial charge < -0.3 is 10.8 Å². The number of rotatable bonds is 6. The summed E-state index contributed by atoms with van der Waals surface area (Å²) in [6.45, 7) is 0. The number of nitrogens with zero attached hydrogens (tertiary/aromatic N) is 4. The molecule has 0 spiro atoms. The normalized spacial score (nSPS) is 12.6. The molecule has 0 heterocycles. The van der Waals surface area contributed by atoms with Gasteiger partial charge >= 0.3 is 0 Å². The Balaban J connectivity index is 1.60. The third kappa shape index (κ3) is 5.54. The smallest absolute Gasteiger partial charge is 0.294 e. The minimum atomic E-state index is -4.29. The predicted octanol–water partition coefficient (Wildman–Crippen LogP) is 5.61. The fraction of sp³-hybridized carbons (Fsp3) is 0.0435. The lowest BCUT2D eigenvalue weighted by molar-refractivity contribution is 0.480. The van der Waals surface area contributed by atoms with E-state index in [-0.39, 0.29) is 21.2 Å². The minimum absolute atomic E-state index is 0.188. The Bertz CT molecular complexity index is 1730. The third-order valence-corrected chi connectivity index (χ3v) is 6.98. The van der Waals surface area contributed by atoms with Gasteiger partial charge in [-0.25, -0.2) is 8.42 Å². The molecule has 0 aliphatic carbocycles. The molecule has 0 fully saturated rings. The summed E-state index contributed by atoms with van der Waals surface area (Å²) in [6.07, 6.45) is 1.01. The van der Waals surface area contributed by atoms with Crippen molar-refractivity contribution in [3.05, 3.63) is 72.8 Å². The van der Waals surface area contributed by atoms with E-state index in [1.807, 2.05) is 0 Å². The van der Waals surface area contributed by atoms with Gasteiger partial charge in [-0.15, -0.1) is 5.11 Å². The summed E-state index contributed by atoms with van der Waals surface area (Å²) in [4.78, 5) is -0.441. The first-order valence-electron chi connectivity index (χ1n) is 10.2. The molecular formula is C23H19N5O6S2. The van der Waals surface area contributed by atoms with Gasteiger partial charge in [0.05, 0.1) is 26.9 Å². The molecule has 0 radical (unpaired) electrons. The van der Waals surface area contributed by atoms with Gasteiger partial charge in [-0.05, 0) is 78.2 Å². The van der Waals surface area contributed by atoms with Crippen molar-refractivity contribution in [2.75, 3.05) is 12.0 Å². The standard InChI is InChI=1S/C23H19N5O6S2/c1-35(30,31)21-13-14-12-15(24)2-11-20(14)23(29)22(21)28-27-17-5-3-16(4-6-17)25-26-18-7-9-19(10-8-18)36(32,33)34/h2-13,29H,24H2,1H3,(H,32,33,34). The van der Waals surface area contributed by atoms with Gasteiger partial charge in [-0.1, -0.05) is 0 Å². The highest BCUT2D eigenvalue weighted by Gasteiger charge is 2.20. The highest BCUT2D eigenvalue weighted by Crippen LogP contribution is 2.41. The number of hydrogen-bond donors (Lipinski definition) is 3. The molecule has 36 heavy (non-hydrogen) atoms. The van der Waals surface area contributed by atoms with E-state index in [0.29, 0.717) is 33.5 Å². The molecular weight excluding hydrogens is 506 g/mol. The molecule has 13 heteroatoms. The summed E-state index contributed by atoms with van der Waals surface area (Å²) in [7, 11) is -8.03. The number of nitrogen functional groups attached to an aromatic ring is 1. The van der Waals surface area contributed by atoms with Crippen LogP contribution in [0.5, 0.6) is 5.75 Å². The number of aromatic hydroxyl groups is 1. The number of fused-ring (bicyclic) bond motifs is 1. The van der Waals surface area contributed by atoms with Crippen molar-refractivity contribution in [1.82, 2.24) is 0 Å². The zero-order valence-electron chi connectivity index (χ0n) is 18.6. The quantitative estimate of drug-likeness (QED) is 0.166. The molecule has 0 bridgehead atoms. The molecule has 4 N–H and O–H groups in total. The van der Waals surface area contributed by atoms with Crippen LogP contribution in [0.25, 0.3) is 10.8 Å². The SMILES string of the molecule is CS(=O)(=O)c1cc2cc(N)ccc2c(O)c1N=Nc1ccc(N=Nc2ccc(S(=O)(=O)O)cc2)cc1. The van der Waals surface area contributed by atoms with E-state index in [2.05, 4.69) is 20.5 Å². The van der Waals surface area contributed by atoms with E-state index >= 15 is 0 Å². The molecule has 0 aromatic heterocycles. The van der Waals surface area contributed by atoms with E-state index in [4.69, 9.17) is 10.3 Å². The van der Waals surface area contributed by atoms with E-state index in [9.17, 15) is 21.9 Å². The minimum Gasteiger partial charge on any atom is -0.505 e. The molecule has 0 saturated heterocycles. The number of azo groups is 2. The molecule has 0 atom stereocenters. The van der Waals surface area contributed by atoms with Crippen molar-refractivity contribution in [3.8, 4) is 5.75 Å². The average molecular weight is 526 g/mol. The fourth-order valence-electron chi connectivity index (χ4n) is 3.24. The van der Waals surface area contributed by atoms with E-state index < -0.39 is 20.0 Å². The largest absolute Gasteiger partial charge is 0.505 e. The van der Waals surface area contributed by atoms with Gasteiger partial charge in [-0.2, -0.15) is 23.8 Å². The average Bonchev–Trinajstić information content (AvgIpc) is 2.81. The molecule has 4 aromatic rings. The Kier molecular flexibility index (Phi) is 6.54. The Morgan fingerprint density at radius 2 is 1.22 bits per heavy atom. The number of nitrogens with two attached hydrogens (primary N) is 1. The van der Waals surface area contributed by atoms with Crippen LogP contribution in [0.3, 0.4) is 0 Å². The lowest BCUT2D eigenvalue weighted by Crippen LogP contribution is -1.98. The highest BCUT2D eigenvalue weighted by atomic mass is 32.2. The van der Waals surface area contributed by atoms with Crippen molar-refractivity contribution in [3.63, 3.8) is 0 Å². The molecule has 0 saturated carbocycles. The highest BCUT2D eigenvalue weighted by molar-refractivity contribution is 7.90. The summed E-state index contributed by atoms with van der Waals surface area (Å²) in [5.41, 5.74) is 7.19. The van der Waals surface area contributed by atoms with Gasteiger partial charge in [0.2, 0.25) is 0 Å². The van der Waals surface area contributed by atoms with Crippen LogP contribution in [0.1, 0.15) is 0 Å². The molecule has 0 amide bonds. The molecule has 11 nitrogen and oxygen atoms in total. The lowest BCUT2D eigenvalue weighted by Gasteiger charge is -2.10. The zero-order valence-corrected chi connectivity index (χ0v) is 20.3. The molecule has 0 aliphatic rings. The van der Waals surface area contributed by atoms with Gasteiger partial charge in [-0.3, -0.25) is 4.55 Å². The third-order valence-electron chi connectivity index (χ3n) is 5.01. The fourth-order valence-corrected chi connectivity index (χ4v) is 4.55. The Morgan fingerprint density at radius 3 is 1.72 bits per heavy atom. The lowest BCUT2D eigenvalue weighted by atomic mass is 10.1. The van der Waals surface area contributed by atoms with Crippen LogP contribution >= 0.6 is 0 Å². The van der Waals surface area contributed by atoms with Crippen molar-refractivity contribution in [2.45, 2.75) is 9.79 Å². The summed E-state index contributed by atoms with van der Waals surface area (Å²) in [5.74, 6) is -0.331. The van der Waals surface area contributed by atoms with Crippen molar-refractivity contribution < 1.29 is 26.5 Å². The Labute approximate surface area is 206 Å². The summed E-state index contributed by atoms with van der Waals surface area (Å²) >= 11 is 0. The van der Waals surface area contributed by atoms with Crippen LogP contribution in [-0.4, -0.2) is 32.8 Å². The Morgan fingerprint density at radius 1 is 0.722 bits per heavy atom. The van der Waals surface area contributed by atoms with Gasteiger partial charge in [0.15, 0.2) is 15.6 Å². The van der Waals surface area contributed by atoms with E-state index in [0.717, 1.165) is 6.26 Å². The van der Waals surface area contributed by atoms with Crippen LogP contribution in [0, 0.1) is 0 Å². The second-order valence-electron chi connectivity index (χ2n) is 7.71. The first-order chi connectivity index (χ1) is 16.9. The van der Waals surface area contributed by atoms with Crippen molar-refractivity contribution >= 4 is 59.2 Å². The van der Waals surface area contributed by atoms with E-state index in [1.54, 1.807) is 42.5 Å². The number of phenols is 1. The van der Waals surface area contributed by atoms with Crippen LogP contribution in [0.4, 0.5) is 28.4 Å². The molecule has 4 rings (SSSR count). The van der Waals surface area contributed by atoms with Crippen molar-refractivity contribution in [2.24, 2.45) is 20.5 Å². The second kappa shape index (κ2) is 9.45. The molecule has 0 unspecified atom stereocenters. The first kappa shape index (κ1) is 24.9. The topological polar surface area (TPSA) is 184 Å². The Hall–Kier alpha value is -4.20. The maximum absolute atomic E-state index is 12.3. The number of hydrogen-bond acceptors (Lipinski definition) is 10. The summed E-state index contributed by atoms with van der Waals surface area (Å²) < 4.78 is 55.9. The predicted molar refractivity (Wildman–Crippen MR) is 134 cm³/mol. The van der Waals surface area contributed by atoms with Gasteiger partial charge in [0.1, 0.15) is 5.69 Å². The maximum Gasteiger partial charge on any atom is 0.294 e. The number of phenolic OH excluding ortho intramolecular Hbond substituents is 1. The maximum atomic E-state index is 12.3. The van der Waals surface area contributed by atoms with Crippen LogP contribution < -0.4 is 5.73 Å². The van der Waals surface area contributed by atoms with Crippen LogP contribution in [0.2, 0.25) is 0 Å². The monoisotopic (exact) mass is 525 g/mol. The zero-order chi connectivity index (χ0) is 26.1. The second-order valence-corrected chi connectivity index (χ2v) is 11.1. The van der Waals surface area contributed by atoms with Crippen LogP contribution in [0.15, 0.2) is 103 Å². The summed E-state index contributed by atoms with van der Waals surface area (Å²) in [5, 5.41) is 27.6.